The van der Waals surface area contributed by atoms with Crippen LogP contribution in [0.25, 0.3) is 0 Å². The molecule has 9 heteroatoms. The maximum atomic E-state index is 12.7. The molecular weight excluding hydrogens is 485 g/mol. The molecule has 1 fully saturated rings. The lowest BCUT2D eigenvalue weighted by atomic mass is 10.1. The summed E-state index contributed by atoms with van der Waals surface area (Å²) in [7, 11) is 0. The fourth-order valence-corrected chi connectivity index (χ4v) is 3.89. The maximum absolute atomic E-state index is 12.7. The number of aromatic nitrogens is 1. The van der Waals surface area contributed by atoms with E-state index in [4.69, 9.17) is 10.5 Å². The first-order chi connectivity index (χ1) is 16.1. The molecule has 4 rings (SSSR count). The molecule has 2 aromatic carbocycles. The van der Waals surface area contributed by atoms with Crippen LogP contribution < -0.4 is 20.7 Å². The summed E-state index contributed by atoms with van der Waals surface area (Å²) in [6.07, 6.45) is 1.66. The highest BCUT2D eigenvalue weighted by Gasteiger charge is 2.15. The molecule has 0 spiro atoms. The number of rotatable bonds is 8. The molecule has 1 saturated heterocycles. The predicted molar refractivity (Wildman–Crippen MR) is 145 cm³/mol. The standard InChI is InChI=1S/C26H31N5O2.2ClH/c1-2-30-12-14-31(15-13-30)23-8-6-20(7-9-23)19-29-26(32)22-4-3-5-24(17-22)33-25-16-21(18-27)10-11-28-25;;/h3-11,16-17H,2,12-15,18-19,27H2,1H3,(H,29,32);2*1H. The van der Waals surface area contributed by atoms with Crippen molar-refractivity contribution in [3.05, 3.63) is 83.6 Å². The number of amides is 1. The number of likely N-dealkylation sites (N-methyl/N-ethyl adjacent to an activating group) is 1. The Labute approximate surface area is 219 Å². The zero-order chi connectivity index (χ0) is 23.0. The molecule has 3 N–H and O–H groups in total. The number of nitrogens with one attached hydrogen (secondary N) is 1. The van der Waals surface area contributed by atoms with Gasteiger partial charge < -0.3 is 25.6 Å². The van der Waals surface area contributed by atoms with E-state index in [2.05, 4.69) is 51.3 Å². The number of piperazine rings is 1. The summed E-state index contributed by atoms with van der Waals surface area (Å²) in [4.78, 5) is 21.8. The molecule has 0 aliphatic carbocycles. The van der Waals surface area contributed by atoms with Crippen LogP contribution in [0.5, 0.6) is 11.6 Å². The number of halogens is 2. The van der Waals surface area contributed by atoms with Crippen molar-refractivity contribution in [2.24, 2.45) is 5.73 Å². The largest absolute Gasteiger partial charge is 0.439 e. The van der Waals surface area contributed by atoms with Crippen LogP contribution in [0.2, 0.25) is 0 Å². The van der Waals surface area contributed by atoms with Gasteiger partial charge in [-0.15, -0.1) is 24.8 Å². The van der Waals surface area contributed by atoms with Crippen LogP contribution in [0.1, 0.15) is 28.4 Å². The van der Waals surface area contributed by atoms with Gasteiger partial charge in [0.25, 0.3) is 5.91 Å². The SMILES string of the molecule is CCN1CCN(c2ccc(CNC(=O)c3cccc(Oc4cc(CN)ccn4)c3)cc2)CC1.Cl.Cl. The molecule has 0 radical (unpaired) electrons. The monoisotopic (exact) mass is 517 g/mol. The van der Waals surface area contributed by atoms with Gasteiger partial charge in [0.05, 0.1) is 0 Å². The number of hydrogen-bond acceptors (Lipinski definition) is 6. The van der Waals surface area contributed by atoms with E-state index in [-0.39, 0.29) is 30.7 Å². The van der Waals surface area contributed by atoms with Gasteiger partial charge in [-0.1, -0.05) is 25.1 Å². The topological polar surface area (TPSA) is 83.7 Å². The number of carbonyl (C=O) groups is 1. The average molecular weight is 518 g/mol. The van der Waals surface area contributed by atoms with E-state index in [1.165, 1.54) is 5.69 Å². The minimum atomic E-state index is -0.149. The van der Waals surface area contributed by atoms with Gasteiger partial charge in [-0.25, -0.2) is 4.98 Å². The van der Waals surface area contributed by atoms with Gasteiger partial charge in [-0.3, -0.25) is 4.79 Å². The molecule has 1 aliphatic rings. The Morgan fingerprint density at radius 1 is 1.00 bits per heavy atom. The Kier molecular flexibility index (Phi) is 11.3. The molecule has 0 unspecified atom stereocenters. The Hall–Kier alpha value is -2.84. The lowest BCUT2D eigenvalue weighted by molar-refractivity contribution is 0.0950. The van der Waals surface area contributed by atoms with Crippen LogP contribution in [0, 0.1) is 0 Å². The third-order valence-electron chi connectivity index (χ3n) is 5.93. The van der Waals surface area contributed by atoms with E-state index >= 15 is 0 Å². The Balaban J connectivity index is 0.00000216. The highest BCUT2D eigenvalue weighted by atomic mass is 35.5. The van der Waals surface area contributed by atoms with Gasteiger partial charge in [-0.2, -0.15) is 0 Å². The van der Waals surface area contributed by atoms with Gasteiger partial charge in [0.2, 0.25) is 5.88 Å². The minimum Gasteiger partial charge on any atom is -0.439 e. The number of pyridine rings is 1. The van der Waals surface area contributed by atoms with E-state index in [1.807, 2.05) is 6.07 Å². The zero-order valence-corrected chi connectivity index (χ0v) is 21.5. The van der Waals surface area contributed by atoms with Crippen LogP contribution in [0.3, 0.4) is 0 Å². The van der Waals surface area contributed by atoms with Crippen molar-refractivity contribution in [1.82, 2.24) is 15.2 Å². The molecule has 1 aliphatic heterocycles. The summed E-state index contributed by atoms with van der Waals surface area (Å²) < 4.78 is 5.80. The van der Waals surface area contributed by atoms with E-state index in [0.29, 0.717) is 30.3 Å². The summed E-state index contributed by atoms with van der Waals surface area (Å²) >= 11 is 0. The van der Waals surface area contributed by atoms with Crippen molar-refractivity contribution in [2.45, 2.75) is 20.0 Å². The molecule has 7 nitrogen and oxygen atoms in total. The molecule has 35 heavy (non-hydrogen) atoms. The van der Waals surface area contributed by atoms with Crippen molar-refractivity contribution in [3.63, 3.8) is 0 Å². The third kappa shape index (κ3) is 7.83. The summed E-state index contributed by atoms with van der Waals surface area (Å²) in [6, 6.07) is 19.2. The summed E-state index contributed by atoms with van der Waals surface area (Å²) in [5.41, 5.74) is 9.44. The van der Waals surface area contributed by atoms with Gasteiger partial charge in [-0.05, 0) is 54.1 Å². The van der Waals surface area contributed by atoms with Gasteiger partial charge in [0.1, 0.15) is 5.75 Å². The van der Waals surface area contributed by atoms with E-state index in [0.717, 1.165) is 43.9 Å². The van der Waals surface area contributed by atoms with Crippen molar-refractivity contribution >= 4 is 36.4 Å². The van der Waals surface area contributed by atoms with Crippen LogP contribution in [-0.4, -0.2) is 48.5 Å². The molecule has 188 valence electrons. The van der Waals surface area contributed by atoms with Crippen molar-refractivity contribution in [1.29, 1.82) is 0 Å². The fourth-order valence-electron chi connectivity index (χ4n) is 3.89. The number of carbonyl (C=O) groups excluding carboxylic acids is 1. The third-order valence-corrected chi connectivity index (χ3v) is 5.93. The molecular formula is C26H33Cl2N5O2. The highest BCUT2D eigenvalue weighted by Crippen LogP contribution is 2.21. The second-order valence-electron chi connectivity index (χ2n) is 8.11. The van der Waals surface area contributed by atoms with Gasteiger partial charge in [0.15, 0.2) is 0 Å². The molecule has 3 aromatic rings. The molecule has 1 aromatic heterocycles. The first-order valence-electron chi connectivity index (χ1n) is 11.4. The molecule has 0 bridgehead atoms. The summed E-state index contributed by atoms with van der Waals surface area (Å²) in [6.45, 7) is 8.51. The van der Waals surface area contributed by atoms with Crippen LogP contribution in [0.4, 0.5) is 5.69 Å². The summed E-state index contributed by atoms with van der Waals surface area (Å²) in [5.74, 6) is 0.854. The molecule has 0 atom stereocenters. The lowest BCUT2D eigenvalue weighted by Gasteiger charge is -2.35. The van der Waals surface area contributed by atoms with E-state index in [1.54, 1.807) is 36.5 Å². The van der Waals surface area contributed by atoms with E-state index < -0.39 is 0 Å². The maximum Gasteiger partial charge on any atom is 0.251 e. The second-order valence-corrected chi connectivity index (χ2v) is 8.11. The first kappa shape index (κ1) is 28.4. The lowest BCUT2D eigenvalue weighted by Crippen LogP contribution is -2.46. The summed E-state index contributed by atoms with van der Waals surface area (Å²) in [5, 5.41) is 2.99. The Morgan fingerprint density at radius 3 is 2.43 bits per heavy atom. The number of ether oxygens (including phenoxy) is 1. The van der Waals surface area contributed by atoms with E-state index in [9.17, 15) is 4.79 Å². The quantitative estimate of drug-likeness (QED) is 0.464. The molecule has 2 heterocycles. The number of nitrogens with two attached hydrogens (primary N) is 1. The van der Waals surface area contributed by atoms with Crippen LogP contribution >= 0.6 is 24.8 Å². The van der Waals surface area contributed by atoms with Crippen LogP contribution in [0.15, 0.2) is 66.9 Å². The molecule has 1 amide bonds. The molecule has 0 saturated carbocycles. The van der Waals surface area contributed by atoms with Crippen molar-refractivity contribution in [2.75, 3.05) is 37.6 Å². The Bertz CT molecular complexity index is 1070. The number of nitrogens with zero attached hydrogens (tertiary/aromatic N) is 3. The predicted octanol–water partition coefficient (Wildman–Crippen LogP) is 4.25. The first-order valence-corrected chi connectivity index (χ1v) is 11.4. The van der Waals surface area contributed by atoms with Gasteiger partial charge >= 0.3 is 0 Å². The van der Waals surface area contributed by atoms with Crippen LogP contribution in [-0.2, 0) is 13.1 Å². The minimum absolute atomic E-state index is 0. The Morgan fingerprint density at radius 2 is 1.74 bits per heavy atom. The van der Waals surface area contributed by atoms with Gasteiger partial charge in [0, 0.05) is 62.8 Å². The second kappa shape index (κ2) is 13.9. The number of anilines is 1. The smallest absolute Gasteiger partial charge is 0.251 e. The normalized spacial score (nSPS) is 13.4. The van der Waals surface area contributed by atoms with Crippen molar-refractivity contribution in [3.8, 4) is 11.6 Å². The fraction of sp³-hybridized carbons (Fsp3) is 0.308. The number of hydrogen-bond donors (Lipinski definition) is 2. The zero-order valence-electron chi connectivity index (χ0n) is 19.9. The number of benzene rings is 2. The average Bonchev–Trinajstić information content (AvgIpc) is 2.88. The van der Waals surface area contributed by atoms with Crippen molar-refractivity contribution < 1.29 is 9.53 Å². The highest BCUT2D eigenvalue weighted by molar-refractivity contribution is 5.94.